The monoisotopic (exact) mass is 364 g/mol. The second-order valence-electron chi connectivity index (χ2n) is 4.99. The fourth-order valence-corrected chi connectivity index (χ4v) is 4.18. The summed E-state index contributed by atoms with van der Waals surface area (Å²) in [5.41, 5.74) is 0.344. The van der Waals surface area contributed by atoms with Gasteiger partial charge in [-0.2, -0.15) is 0 Å². The Bertz CT molecular complexity index is 706. The molecule has 0 bridgehead atoms. The molecular formula is C13H14Cl2N2O4S. The number of sulfone groups is 1. The summed E-state index contributed by atoms with van der Waals surface area (Å²) < 4.78 is 22.6. The lowest BCUT2D eigenvalue weighted by molar-refractivity contribution is -0.126. The largest absolute Gasteiger partial charge is 0.347 e. The molecule has 2 N–H and O–H groups in total. The third-order valence-electron chi connectivity index (χ3n) is 3.23. The van der Waals surface area contributed by atoms with Gasteiger partial charge in [0.1, 0.15) is 0 Å². The van der Waals surface area contributed by atoms with E-state index in [9.17, 15) is 18.0 Å². The molecule has 0 saturated carbocycles. The van der Waals surface area contributed by atoms with Crippen LogP contribution in [0.4, 0.5) is 5.69 Å². The molecule has 22 heavy (non-hydrogen) atoms. The first-order valence-electron chi connectivity index (χ1n) is 6.50. The van der Waals surface area contributed by atoms with E-state index >= 15 is 0 Å². The first kappa shape index (κ1) is 17.1. The summed E-state index contributed by atoms with van der Waals surface area (Å²) in [4.78, 5) is 23.6. The number of anilines is 1. The van der Waals surface area contributed by atoms with Gasteiger partial charge in [-0.05, 0) is 24.6 Å². The highest BCUT2D eigenvalue weighted by atomic mass is 35.5. The van der Waals surface area contributed by atoms with Crippen molar-refractivity contribution in [2.24, 2.45) is 5.92 Å². The first-order chi connectivity index (χ1) is 10.3. The number of carbonyl (C=O) groups is 2. The number of benzene rings is 1. The zero-order chi connectivity index (χ0) is 16.3. The lowest BCUT2D eigenvalue weighted by Gasteiger charge is -2.11. The van der Waals surface area contributed by atoms with Gasteiger partial charge in [0.15, 0.2) is 9.84 Å². The zero-order valence-corrected chi connectivity index (χ0v) is 13.8. The molecule has 2 amide bonds. The van der Waals surface area contributed by atoms with Crippen molar-refractivity contribution in [3.63, 3.8) is 0 Å². The summed E-state index contributed by atoms with van der Waals surface area (Å²) in [6.07, 6.45) is 0.288. The van der Waals surface area contributed by atoms with Crippen molar-refractivity contribution in [3.05, 3.63) is 28.2 Å². The molecular weight excluding hydrogens is 351 g/mol. The Morgan fingerprint density at radius 1 is 1.27 bits per heavy atom. The summed E-state index contributed by atoms with van der Waals surface area (Å²) in [6, 6.07) is 4.62. The summed E-state index contributed by atoms with van der Waals surface area (Å²) >= 11 is 11.7. The molecule has 1 atom stereocenters. The molecule has 1 aromatic rings. The summed E-state index contributed by atoms with van der Waals surface area (Å²) in [5, 5.41) is 5.69. The second kappa shape index (κ2) is 6.85. The lowest BCUT2D eigenvalue weighted by Crippen LogP contribution is -2.37. The molecule has 1 saturated heterocycles. The topological polar surface area (TPSA) is 92.3 Å². The van der Waals surface area contributed by atoms with E-state index < -0.39 is 27.6 Å². The Kier molecular flexibility index (Phi) is 5.31. The standard InChI is InChI=1S/C13H14Cl2N2O4S/c14-9-1-2-10(15)11(5-9)17-12(18)6-16-13(19)8-3-4-22(20,21)7-8/h1-2,5,8H,3-4,6-7H2,(H,16,19)(H,17,18)/t8-/m1/s1. The molecule has 6 nitrogen and oxygen atoms in total. The van der Waals surface area contributed by atoms with Gasteiger partial charge in [-0.25, -0.2) is 8.42 Å². The van der Waals surface area contributed by atoms with Gasteiger partial charge >= 0.3 is 0 Å². The number of hydrogen-bond donors (Lipinski definition) is 2. The number of carbonyl (C=O) groups excluding carboxylic acids is 2. The van der Waals surface area contributed by atoms with E-state index in [1.165, 1.54) is 6.07 Å². The molecule has 1 aromatic carbocycles. The number of amides is 2. The van der Waals surface area contributed by atoms with Crippen LogP contribution in [-0.4, -0.2) is 38.3 Å². The minimum absolute atomic E-state index is 0.00933. The van der Waals surface area contributed by atoms with Gasteiger partial charge in [0.05, 0.1) is 34.7 Å². The summed E-state index contributed by atoms with van der Waals surface area (Å²) in [6.45, 7) is -0.266. The van der Waals surface area contributed by atoms with Crippen LogP contribution in [0.2, 0.25) is 10.0 Å². The number of hydrogen-bond acceptors (Lipinski definition) is 4. The van der Waals surface area contributed by atoms with Crippen LogP contribution in [-0.2, 0) is 19.4 Å². The van der Waals surface area contributed by atoms with E-state index in [1.807, 2.05) is 0 Å². The third kappa shape index (κ3) is 4.59. The van der Waals surface area contributed by atoms with Gasteiger partial charge < -0.3 is 10.6 Å². The molecule has 120 valence electrons. The molecule has 1 aliphatic rings. The van der Waals surface area contributed by atoms with Crippen LogP contribution in [0.5, 0.6) is 0 Å². The van der Waals surface area contributed by atoms with E-state index in [4.69, 9.17) is 23.2 Å². The van der Waals surface area contributed by atoms with Gasteiger partial charge in [-0.15, -0.1) is 0 Å². The Balaban J connectivity index is 1.85. The number of rotatable bonds is 4. The highest BCUT2D eigenvalue weighted by Gasteiger charge is 2.32. The maximum absolute atomic E-state index is 11.8. The van der Waals surface area contributed by atoms with Gasteiger partial charge in [0.2, 0.25) is 11.8 Å². The van der Waals surface area contributed by atoms with Crippen LogP contribution in [0, 0.1) is 5.92 Å². The highest BCUT2D eigenvalue weighted by molar-refractivity contribution is 7.91. The van der Waals surface area contributed by atoms with Crippen LogP contribution < -0.4 is 10.6 Å². The van der Waals surface area contributed by atoms with Crippen molar-refractivity contribution in [3.8, 4) is 0 Å². The normalized spacial score (nSPS) is 19.6. The third-order valence-corrected chi connectivity index (χ3v) is 5.56. The number of halogens is 2. The Labute approximate surface area is 138 Å². The molecule has 0 aromatic heterocycles. The predicted octanol–water partition coefficient (Wildman–Crippen LogP) is 1.48. The Hall–Kier alpha value is -1.31. The Morgan fingerprint density at radius 2 is 2.00 bits per heavy atom. The lowest BCUT2D eigenvalue weighted by atomic mass is 10.1. The van der Waals surface area contributed by atoms with Crippen molar-refractivity contribution in [2.75, 3.05) is 23.4 Å². The smallest absolute Gasteiger partial charge is 0.243 e. The average Bonchev–Trinajstić information content (AvgIpc) is 2.80. The van der Waals surface area contributed by atoms with E-state index in [0.717, 1.165) is 0 Å². The molecule has 0 spiro atoms. The molecule has 0 aliphatic carbocycles. The number of nitrogens with one attached hydrogen (secondary N) is 2. The molecule has 2 rings (SSSR count). The summed E-state index contributed by atoms with van der Waals surface area (Å²) in [5.74, 6) is -1.66. The van der Waals surface area contributed by atoms with E-state index in [-0.39, 0.29) is 24.5 Å². The van der Waals surface area contributed by atoms with Crippen LogP contribution in [0.25, 0.3) is 0 Å². The molecule has 0 unspecified atom stereocenters. The van der Waals surface area contributed by atoms with Gasteiger partial charge in [0.25, 0.3) is 0 Å². The zero-order valence-electron chi connectivity index (χ0n) is 11.4. The van der Waals surface area contributed by atoms with Crippen LogP contribution in [0.1, 0.15) is 6.42 Å². The van der Waals surface area contributed by atoms with Crippen LogP contribution in [0.15, 0.2) is 18.2 Å². The summed E-state index contributed by atoms with van der Waals surface area (Å²) in [7, 11) is -3.13. The van der Waals surface area contributed by atoms with Crippen molar-refractivity contribution in [1.82, 2.24) is 5.32 Å². The molecule has 1 fully saturated rings. The van der Waals surface area contributed by atoms with Gasteiger partial charge in [-0.3, -0.25) is 9.59 Å². The Morgan fingerprint density at radius 3 is 2.64 bits per heavy atom. The van der Waals surface area contributed by atoms with Crippen LogP contribution in [0.3, 0.4) is 0 Å². The first-order valence-corrected chi connectivity index (χ1v) is 9.07. The average molecular weight is 365 g/mol. The molecule has 1 heterocycles. The van der Waals surface area contributed by atoms with Gasteiger partial charge in [0, 0.05) is 5.02 Å². The predicted molar refractivity (Wildman–Crippen MR) is 84.9 cm³/mol. The van der Waals surface area contributed by atoms with Crippen molar-refractivity contribution in [1.29, 1.82) is 0 Å². The van der Waals surface area contributed by atoms with E-state index in [2.05, 4.69) is 10.6 Å². The van der Waals surface area contributed by atoms with E-state index in [0.29, 0.717) is 15.7 Å². The van der Waals surface area contributed by atoms with Crippen LogP contribution >= 0.6 is 23.2 Å². The second-order valence-corrected chi connectivity index (χ2v) is 8.06. The van der Waals surface area contributed by atoms with Crippen molar-refractivity contribution < 1.29 is 18.0 Å². The molecule has 9 heteroatoms. The fraction of sp³-hybridized carbons (Fsp3) is 0.385. The molecule has 1 aliphatic heterocycles. The maximum Gasteiger partial charge on any atom is 0.243 e. The van der Waals surface area contributed by atoms with Crippen molar-refractivity contribution in [2.45, 2.75) is 6.42 Å². The quantitative estimate of drug-likeness (QED) is 0.846. The highest BCUT2D eigenvalue weighted by Crippen LogP contribution is 2.25. The SMILES string of the molecule is O=C(CNC(=O)[C@@H]1CCS(=O)(=O)C1)Nc1cc(Cl)ccc1Cl. The minimum atomic E-state index is -3.13. The van der Waals surface area contributed by atoms with Crippen molar-refractivity contribution >= 4 is 50.5 Å². The fourth-order valence-electron chi connectivity index (χ4n) is 2.10. The minimum Gasteiger partial charge on any atom is -0.347 e. The molecule has 0 radical (unpaired) electrons. The van der Waals surface area contributed by atoms with E-state index in [1.54, 1.807) is 12.1 Å². The maximum atomic E-state index is 11.8. The van der Waals surface area contributed by atoms with Gasteiger partial charge in [-0.1, -0.05) is 23.2 Å².